The Bertz CT molecular complexity index is 580. The number of nitrogens with one attached hydrogen (secondary N) is 1. The smallest absolute Gasteiger partial charge is 0.251 e. The van der Waals surface area contributed by atoms with E-state index in [1.165, 1.54) is 6.07 Å². The van der Waals surface area contributed by atoms with Crippen molar-refractivity contribution in [1.29, 1.82) is 0 Å². The third-order valence-electron chi connectivity index (χ3n) is 2.56. The lowest BCUT2D eigenvalue weighted by atomic mass is 10.1. The van der Waals surface area contributed by atoms with Crippen molar-refractivity contribution in [3.8, 4) is 5.75 Å². The fourth-order valence-electron chi connectivity index (χ4n) is 1.51. The first-order chi connectivity index (χ1) is 8.58. The molecule has 1 heterocycles. The van der Waals surface area contributed by atoms with Crippen LogP contribution in [0, 0.1) is 6.92 Å². The van der Waals surface area contributed by atoms with Crippen LogP contribution in [0.3, 0.4) is 0 Å². The Kier molecular flexibility index (Phi) is 4.04. The van der Waals surface area contributed by atoms with Crippen LogP contribution >= 0.6 is 27.3 Å². The minimum absolute atomic E-state index is 0.140. The van der Waals surface area contributed by atoms with Gasteiger partial charge >= 0.3 is 0 Å². The van der Waals surface area contributed by atoms with Crippen molar-refractivity contribution in [2.45, 2.75) is 13.5 Å². The number of carbonyl (C=O) groups excluding carboxylic acids is 1. The molecule has 0 fully saturated rings. The van der Waals surface area contributed by atoms with Gasteiger partial charge in [-0.1, -0.05) is 0 Å². The molecular weight excluding hydrogens is 314 g/mol. The van der Waals surface area contributed by atoms with Gasteiger partial charge in [-0.15, -0.1) is 11.3 Å². The van der Waals surface area contributed by atoms with Gasteiger partial charge in [0.15, 0.2) is 0 Å². The van der Waals surface area contributed by atoms with E-state index in [0.717, 1.165) is 9.35 Å². The van der Waals surface area contributed by atoms with Crippen molar-refractivity contribution in [1.82, 2.24) is 5.32 Å². The van der Waals surface area contributed by atoms with E-state index in [2.05, 4.69) is 21.2 Å². The Morgan fingerprint density at radius 2 is 2.22 bits per heavy atom. The molecule has 18 heavy (non-hydrogen) atoms. The minimum atomic E-state index is -0.140. The SMILES string of the molecule is Cc1cc(C(=O)NCc2sccc2Br)ccc1O. The summed E-state index contributed by atoms with van der Waals surface area (Å²) in [6.07, 6.45) is 0. The molecule has 0 saturated heterocycles. The van der Waals surface area contributed by atoms with E-state index in [0.29, 0.717) is 17.7 Å². The first kappa shape index (κ1) is 13.1. The van der Waals surface area contributed by atoms with Crippen LogP contribution < -0.4 is 5.32 Å². The largest absolute Gasteiger partial charge is 0.508 e. The van der Waals surface area contributed by atoms with Crippen molar-refractivity contribution >= 4 is 33.2 Å². The third-order valence-corrected chi connectivity index (χ3v) is 4.49. The minimum Gasteiger partial charge on any atom is -0.508 e. The molecule has 0 radical (unpaired) electrons. The summed E-state index contributed by atoms with van der Waals surface area (Å²) in [4.78, 5) is 13.0. The Hall–Kier alpha value is -1.33. The predicted molar refractivity (Wildman–Crippen MR) is 76.0 cm³/mol. The van der Waals surface area contributed by atoms with Gasteiger partial charge in [-0.05, 0) is 58.1 Å². The number of aromatic hydroxyl groups is 1. The van der Waals surface area contributed by atoms with Crippen molar-refractivity contribution in [2.75, 3.05) is 0 Å². The first-order valence-corrected chi connectivity index (χ1v) is 7.05. The number of amides is 1. The van der Waals surface area contributed by atoms with E-state index in [9.17, 15) is 9.90 Å². The summed E-state index contributed by atoms with van der Waals surface area (Å²) < 4.78 is 1.01. The average Bonchev–Trinajstić information content (AvgIpc) is 2.75. The maximum atomic E-state index is 11.9. The van der Waals surface area contributed by atoms with Gasteiger partial charge in [0.1, 0.15) is 5.75 Å². The van der Waals surface area contributed by atoms with Crippen LogP contribution in [0.2, 0.25) is 0 Å². The highest BCUT2D eigenvalue weighted by atomic mass is 79.9. The van der Waals surface area contributed by atoms with E-state index in [1.54, 1.807) is 30.4 Å². The van der Waals surface area contributed by atoms with E-state index >= 15 is 0 Å². The molecule has 0 spiro atoms. The summed E-state index contributed by atoms with van der Waals surface area (Å²) >= 11 is 5.01. The highest BCUT2D eigenvalue weighted by Gasteiger charge is 2.08. The van der Waals surface area contributed by atoms with E-state index in [4.69, 9.17) is 0 Å². The fraction of sp³-hybridized carbons (Fsp3) is 0.154. The first-order valence-electron chi connectivity index (χ1n) is 5.37. The molecule has 3 nitrogen and oxygen atoms in total. The summed E-state index contributed by atoms with van der Waals surface area (Å²) in [5.41, 5.74) is 1.25. The van der Waals surface area contributed by atoms with Gasteiger partial charge in [-0.2, -0.15) is 0 Å². The van der Waals surface area contributed by atoms with E-state index < -0.39 is 0 Å². The Balaban J connectivity index is 2.04. The fourth-order valence-corrected chi connectivity index (χ4v) is 2.94. The van der Waals surface area contributed by atoms with Crippen LogP contribution in [0.5, 0.6) is 5.75 Å². The zero-order valence-corrected chi connectivity index (χ0v) is 12.1. The summed E-state index contributed by atoms with van der Waals surface area (Å²) in [5.74, 6) is 0.0611. The zero-order chi connectivity index (χ0) is 13.1. The summed E-state index contributed by atoms with van der Waals surface area (Å²) in [6, 6.07) is 6.78. The molecule has 1 aromatic heterocycles. The Morgan fingerprint density at radius 1 is 1.44 bits per heavy atom. The number of hydrogen-bond donors (Lipinski definition) is 2. The second-order valence-corrected chi connectivity index (χ2v) is 5.73. The number of aryl methyl sites for hydroxylation is 1. The zero-order valence-electron chi connectivity index (χ0n) is 9.74. The van der Waals surface area contributed by atoms with Crippen LogP contribution in [0.4, 0.5) is 0 Å². The number of hydrogen-bond acceptors (Lipinski definition) is 3. The molecule has 0 saturated carbocycles. The third kappa shape index (κ3) is 2.91. The molecule has 0 bridgehead atoms. The van der Waals surface area contributed by atoms with Gasteiger partial charge in [0.2, 0.25) is 0 Å². The number of benzene rings is 1. The van der Waals surface area contributed by atoms with E-state index in [1.807, 2.05) is 11.4 Å². The summed E-state index contributed by atoms with van der Waals surface area (Å²) in [5, 5.41) is 14.2. The molecule has 0 atom stereocenters. The molecule has 2 N–H and O–H groups in total. The number of phenols is 1. The molecule has 1 aromatic carbocycles. The van der Waals surface area contributed by atoms with Gasteiger partial charge in [0.05, 0.1) is 6.54 Å². The quantitative estimate of drug-likeness (QED) is 0.908. The van der Waals surface area contributed by atoms with Crippen LogP contribution in [0.1, 0.15) is 20.8 Å². The lowest BCUT2D eigenvalue weighted by Gasteiger charge is -2.06. The number of phenolic OH excluding ortho intramolecular Hbond substituents is 1. The monoisotopic (exact) mass is 325 g/mol. The van der Waals surface area contributed by atoms with Crippen LogP contribution in [-0.2, 0) is 6.54 Å². The lowest BCUT2D eigenvalue weighted by molar-refractivity contribution is 0.0951. The lowest BCUT2D eigenvalue weighted by Crippen LogP contribution is -2.22. The summed E-state index contributed by atoms with van der Waals surface area (Å²) in [7, 11) is 0. The molecule has 5 heteroatoms. The van der Waals surface area contributed by atoms with Crippen molar-refractivity contribution in [3.63, 3.8) is 0 Å². The second kappa shape index (κ2) is 5.54. The number of halogens is 1. The highest BCUT2D eigenvalue weighted by Crippen LogP contribution is 2.22. The molecule has 0 aliphatic rings. The van der Waals surface area contributed by atoms with Gasteiger partial charge in [0.25, 0.3) is 5.91 Å². The van der Waals surface area contributed by atoms with Crippen LogP contribution in [0.25, 0.3) is 0 Å². The van der Waals surface area contributed by atoms with Crippen LogP contribution in [-0.4, -0.2) is 11.0 Å². The molecule has 1 amide bonds. The van der Waals surface area contributed by atoms with Gasteiger partial charge < -0.3 is 10.4 Å². The maximum absolute atomic E-state index is 11.9. The molecule has 0 aliphatic heterocycles. The summed E-state index contributed by atoms with van der Waals surface area (Å²) in [6.45, 7) is 2.26. The van der Waals surface area contributed by atoms with Gasteiger partial charge in [0, 0.05) is 14.9 Å². The van der Waals surface area contributed by atoms with Gasteiger partial charge in [-0.25, -0.2) is 0 Å². The van der Waals surface area contributed by atoms with Crippen molar-refractivity contribution < 1.29 is 9.90 Å². The normalized spacial score (nSPS) is 10.3. The maximum Gasteiger partial charge on any atom is 0.251 e. The molecule has 94 valence electrons. The molecule has 2 aromatic rings. The molecular formula is C13H12BrNO2S. The van der Waals surface area contributed by atoms with E-state index in [-0.39, 0.29) is 11.7 Å². The molecule has 0 unspecified atom stereocenters. The number of thiophene rings is 1. The van der Waals surface area contributed by atoms with Gasteiger partial charge in [-0.3, -0.25) is 4.79 Å². The number of rotatable bonds is 3. The molecule has 2 rings (SSSR count). The second-order valence-electron chi connectivity index (χ2n) is 3.88. The van der Waals surface area contributed by atoms with Crippen molar-refractivity contribution in [2.24, 2.45) is 0 Å². The number of carbonyl (C=O) groups is 1. The predicted octanol–water partition coefficient (Wildman–Crippen LogP) is 3.45. The average molecular weight is 326 g/mol. The Labute approximate surface area is 118 Å². The topological polar surface area (TPSA) is 49.3 Å². The Morgan fingerprint density at radius 3 is 2.83 bits per heavy atom. The highest BCUT2D eigenvalue weighted by molar-refractivity contribution is 9.10. The molecule has 0 aliphatic carbocycles. The van der Waals surface area contributed by atoms with Crippen LogP contribution in [0.15, 0.2) is 34.1 Å². The van der Waals surface area contributed by atoms with Crippen molar-refractivity contribution in [3.05, 3.63) is 50.1 Å². The standard InChI is InChI=1S/C13H12BrNO2S/c1-8-6-9(2-3-11(8)16)13(17)15-7-12-10(14)4-5-18-12/h2-6,16H,7H2,1H3,(H,15,17).